The first kappa shape index (κ1) is 18.8. The molecule has 25 heavy (non-hydrogen) atoms. The van der Waals surface area contributed by atoms with E-state index < -0.39 is 11.6 Å². The van der Waals surface area contributed by atoms with E-state index in [0.717, 1.165) is 6.08 Å². The average molecular weight is 350 g/mol. The topological polar surface area (TPSA) is 67.9 Å². The van der Waals surface area contributed by atoms with Gasteiger partial charge in [-0.25, -0.2) is 4.39 Å². The Morgan fingerprint density at radius 2 is 1.80 bits per heavy atom. The Kier molecular flexibility index (Phi) is 6.01. The quantitative estimate of drug-likeness (QED) is 0.795. The number of piperidine rings is 1. The second kappa shape index (κ2) is 8.00. The minimum atomic E-state index is -1.55. The van der Waals surface area contributed by atoms with Crippen molar-refractivity contribution in [3.63, 3.8) is 0 Å². The van der Waals surface area contributed by atoms with Gasteiger partial charge in [-0.1, -0.05) is 6.58 Å². The molecule has 0 bridgehead atoms. The summed E-state index contributed by atoms with van der Waals surface area (Å²) >= 11 is 0. The third-order valence-corrected chi connectivity index (χ3v) is 4.38. The third-order valence-electron chi connectivity index (χ3n) is 4.38. The van der Waals surface area contributed by atoms with Crippen LogP contribution in [-0.2, 0) is 15.3 Å². The fourth-order valence-electron chi connectivity index (χ4n) is 2.81. The molecule has 1 heterocycles. The zero-order valence-corrected chi connectivity index (χ0v) is 14.5. The highest BCUT2D eigenvalue weighted by Gasteiger charge is 2.38. The Morgan fingerprint density at radius 3 is 2.28 bits per heavy atom. The van der Waals surface area contributed by atoms with Crippen LogP contribution in [0.4, 0.5) is 4.39 Å². The molecule has 0 atom stereocenters. The lowest BCUT2D eigenvalue weighted by atomic mass is 9.86. The van der Waals surface area contributed by atoms with E-state index in [-0.39, 0.29) is 38.4 Å². The molecule has 2 rings (SSSR count). The van der Waals surface area contributed by atoms with Crippen molar-refractivity contribution in [2.75, 3.05) is 33.9 Å². The van der Waals surface area contributed by atoms with E-state index in [0.29, 0.717) is 17.1 Å². The van der Waals surface area contributed by atoms with Gasteiger partial charge in [-0.2, -0.15) is 0 Å². The first-order valence-electron chi connectivity index (χ1n) is 8.02. The van der Waals surface area contributed by atoms with Gasteiger partial charge in [-0.3, -0.25) is 9.59 Å². The van der Waals surface area contributed by atoms with Crippen LogP contribution in [0.3, 0.4) is 0 Å². The van der Waals surface area contributed by atoms with Crippen molar-refractivity contribution in [2.45, 2.75) is 18.5 Å². The summed E-state index contributed by atoms with van der Waals surface area (Å²) in [6, 6.07) is 5.00. The maximum Gasteiger partial charge on any atom is 0.243 e. The summed E-state index contributed by atoms with van der Waals surface area (Å²) in [5, 5.41) is 2.44. The summed E-state index contributed by atoms with van der Waals surface area (Å²) in [6.07, 6.45) is 1.45. The maximum atomic E-state index is 15.4. The van der Waals surface area contributed by atoms with Crippen LogP contribution in [-0.4, -0.2) is 50.6 Å². The van der Waals surface area contributed by atoms with Crippen LogP contribution in [0.5, 0.6) is 11.5 Å². The van der Waals surface area contributed by atoms with E-state index in [1.807, 2.05) is 0 Å². The SMILES string of the molecule is C=CC(=O)NCC(=O)N1CCC(F)(c2cc(OC)cc(OC)c2)CC1. The van der Waals surface area contributed by atoms with Crippen molar-refractivity contribution in [3.8, 4) is 11.5 Å². The average Bonchev–Trinajstić information content (AvgIpc) is 2.65. The standard InChI is InChI=1S/C18H23FN2O4/c1-4-16(22)20-12-17(23)21-7-5-18(19,6-8-21)13-9-14(24-2)11-15(10-13)25-3/h4,9-11H,1,5-8,12H2,2-3H3,(H,20,22). The number of amides is 2. The molecule has 136 valence electrons. The summed E-state index contributed by atoms with van der Waals surface area (Å²) in [5.41, 5.74) is -1.07. The van der Waals surface area contributed by atoms with Crippen molar-refractivity contribution < 1.29 is 23.5 Å². The first-order valence-corrected chi connectivity index (χ1v) is 8.02. The predicted molar refractivity (Wildman–Crippen MR) is 91.4 cm³/mol. The lowest BCUT2D eigenvalue weighted by Crippen LogP contribution is -2.46. The van der Waals surface area contributed by atoms with Gasteiger partial charge in [0.05, 0.1) is 20.8 Å². The number of methoxy groups -OCH3 is 2. The number of likely N-dealkylation sites (tertiary alicyclic amines) is 1. The van der Waals surface area contributed by atoms with E-state index in [1.54, 1.807) is 23.1 Å². The Balaban J connectivity index is 2.03. The van der Waals surface area contributed by atoms with E-state index >= 15 is 4.39 Å². The van der Waals surface area contributed by atoms with Crippen LogP contribution in [0.25, 0.3) is 0 Å². The zero-order chi connectivity index (χ0) is 18.4. The molecule has 1 saturated heterocycles. The molecule has 7 heteroatoms. The largest absolute Gasteiger partial charge is 0.497 e. The van der Waals surface area contributed by atoms with Crippen LogP contribution in [0.2, 0.25) is 0 Å². The maximum absolute atomic E-state index is 15.4. The third kappa shape index (κ3) is 4.49. The van der Waals surface area contributed by atoms with Gasteiger partial charge in [-0.05, 0) is 23.8 Å². The fourth-order valence-corrected chi connectivity index (χ4v) is 2.81. The van der Waals surface area contributed by atoms with Crippen molar-refractivity contribution in [1.29, 1.82) is 0 Å². The van der Waals surface area contributed by atoms with Crippen LogP contribution < -0.4 is 14.8 Å². The van der Waals surface area contributed by atoms with Crippen LogP contribution in [0.1, 0.15) is 18.4 Å². The van der Waals surface area contributed by atoms with Gasteiger partial charge in [0, 0.05) is 32.0 Å². The lowest BCUT2D eigenvalue weighted by Gasteiger charge is -2.37. The molecule has 1 N–H and O–H groups in total. The molecule has 1 fully saturated rings. The van der Waals surface area contributed by atoms with Crippen LogP contribution in [0, 0.1) is 0 Å². The molecule has 0 unspecified atom stereocenters. The molecule has 0 radical (unpaired) electrons. The monoisotopic (exact) mass is 350 g/mol. The van der Waals surface area contributed by atoms with Crippen LogP contribution in [0.15, 0.2) is 30.9 Å². The predicted octanol–water partition coefficient (Wildman–Crippen LogP) is 1.79. The van der Waals surface area contributed by atoms with E-state index in [1.165, 1.54) is 14.2 Å². The minimum Gasteiger partial charge on any atom is -0.497 e. The number of halogens is 1. The molecule has 1 aromatic carbocycles. The molecule has 2 amide bonds. The Labute approximate surface area is 146 Å². The lowest BCUT2D eigenvalue weighted by molar-refractivity contribution is -0.134. The number of carbonyl (C=O) groups excluding carboxylic acids is 2. The summed E-state index contributed by atoms with van der Waals surface area (Å²) in [6.45, 7) is 3.76. The molecule has 0 aliphatic carbocycles. The van der Waals surface area contributed by atoms with Gasteiger partial charge >= 0.3 is 0 Å². The van der Waals surface area contributed by atoms with Gasteiger partial charge in [0.2, 0.25) is 11.8 Å². The number of carbonyl (C=O) groups is 2. The number of rotatable bonds is 6. The van der Waals surface area contributed by atoms with Gasteiger partial charge in [-0.15, -0.1) is 0 Å². The van der Waals surface area contributed by atoms with Crippen molar-refractivity contribution in [3.05, 3.63) is 36.4 Å². The number of ether oxygens (including phenoxy) is 2. The summed E-state index contributed by atoms with van der Waals surface area (Å²) in [5.74, 6) is 0.406. The van der Waals surface area contributed by atoms with Crippen LogP contribution >= 0.6 is 0 Å². The summed E-state index contributed by atoms with van der Waals surface area (Å²) in [4.78, 5) is 24.8. The Bertz CT molecular complexity index is 632. The number of benzene rings is 1. The fraction of sp³-hybridized carbons (Fsp3) is 0.444. The van der Waals surface area contributed by atoms with Gasteiger partial charge in [0.1, 0.15) is 17.2 Å². The van der Waals surface area contributed by atoms with Crippen molar-refractivity contribution >= 4 is 11.8 Å². The number of nitrogens with zero attached hydrogens (tertiary/aromatic N) is 1. The molecular weight excluding hydrogens is 327 g/mol. The highest BCUT2D eigenvalue weighted by atomic mass is 19.1. The molecule has 0 aromatic heterocycles. The highest BCUT2D eigenvalue weighted by molar-refractivity contribution is 5.90. The number of hydrogen-bond acceptors (Lipinski definition) is 4. The summed E-state index contributed by atoms with van der Waals surface area (Å²) in [7, 11) is 3.03. The molecule has 1 aliphatic rings. The minimum absolute atomic E-state index is 0.114. The van der Waals surface area contributed by atoms with Gasteiger partial charge in [0.25, 0.3) is 0 Å². The Morgan fingerprint density at radius 1 is 1.24 bits per heavy atom. The van der Waals surface area contributed by atoms with E-state index in [4.69, 9.17) is 9.47 Å². The highest BCUT2D eigenvalue weighted by Crippen LogP contribution is 2.40. The van der Waals surface area contributed by atoms with E-state index in [9.17, 15) is 9.59 Å². The van der Waals surface area contributed by atoms with Gasteiger partial charge < -0.3 is 19.7 Å². The van der Waals surface area contributed by atoms with Gasteiger partial charge in [0.15, 0.2) is 0 Å². The summed E-state index contributed by atoms with van der Waals surface area (Å²) < 4.78 is 25.8. The molecule has 1 aromatic rings. The smallest absolute Gasteiger partial charge is 0.243 e. The molecule has 6 nitrogen and oxygen atoms in total. The number of nitrogens with one attached hydrogen (secondary N) is 1. The molecular formula is C18H23FN2O4. The van der Waals surface area contributed by atoms with Crippen molar-refractivity contribution in [1.82, 2.24) is 10.2 Å². The number of alkyl halides is 1. The zero-order valence-electron chi connectivity index (χ0n) is 14.5. The van der Waals surface area contributed by atoms with E-state index in [2.05, 4.69) is 11.9 Å². The second-order valence-electron chi connectivity index (χ2n) is 5.87. The molecule has 1 aliphatic heterocycles. The number of hydrogen-bond donors (Lipinski definition) is 1. The van der Waals surface area contributed by atoms with Crippen molar-refractivity contribution in [2.24, 2.45) is 0 Å². The molecule has 0 saturated carbocycles. The molecule has 0 spiro atoms. The second-order valence-corrected chi connectivity index (χ2v) is 5.87. The first-order chi connectivity index (χ1) is 11.9. The Hall–Kier alpha value is -2.57. The normalized spacial score (nSPS) is 16.0.